The highest BCUT2D eigenvalue weighted by Gasteiger charge is 2.48. The molecule has 2 aliphatic rings. The minimum atomic E-state index is -0.154. The van der Waals surface area contributed by atoms with E-state index in [-0.39, 0.29) is 23.0 Å². The van der Waals surface area contributed by atoms with Gasteiger partial charge in [0.1, 0.15) is 0 Å². The van der Waals surface area contributed by atoms with E-state index in [0.717, 1.165) is 5.92 Å². The maximum absolute atomic E-state index is 10.9. The first-order valence-electron chi connectivity index (χ1n) is 14.0. The minimum absolute atomic E-state index is 0.0637. The van der Waals surface area contributed by atoms with E-state index in [2.05, 4.69) is 96.9 Å². The van der Waals surface area contributed by atoms with Crippen LogP contribution in [0.2, 0.25) is 0 Å². The van der Waals surface area contributed by atoms with Crippen molar-refractivity contribution >= 4 is 0 Å². The maximum Gasteiger partial charge on any atom is 0.0606 e. The number of hydrogen-bond acceptors (Lipinski definition) is 2. The molecule has 2 nitrogen and oxygen atoms in total. The van der Waals surface area contributed by atoms with E-state index in [1.165, 1.54) is 25.7 Å². The summed E-state index contributed by atoms with van der Waals surface area (Å²) in [5.41, 5.74) is 0.715. The van der Waals surface area contributed by atoms with E-state index in [1.807, 2.05) is 0 Å². The molecule has 33 heavy (non-hydrogen) atoms. The molecule has 0 aliphatic heterocycles. The lowest BCUT2D eigenvalue weighted by molar-refractivity contribution is -0.0991. The van der Waals surface area contributed by atoms with E-state index in [4.69, 9.17) is 0 Å². The molecule has 198 valence electrons. The zero-order chi connectivity index (χ0) is 26.1. The minimum Gasteiger partial charge on any atom is -0.393 e. The van der Waals surface area contributed by atoms with Crippen LogP contribution in [0.15, 0.2) is 0 Å². The number of aliphatic hydroxyl groups excluding tert-OH is 2. The maximum atomic E-state index is 10.9. The third kappa shape index (κ3) is 8.52. The second kappa shape index (κ2) is 11.3. The van der Waals surface area contributed by atoms with E-state index in [1.54, 1.807) is 0 Å². The van der Waals surface area contributed by atoms with Crippen molar-refractivity contribution in [2.45, 2.75) is 135 Å². The van der Waals surface area contributed by atoms with Crippen LogP contribution in [-0.2, 0) is 0 Å². The van der Waals surface area contributed by atoms with E-state index < -0.39 is 0 Å². The lowest BCUT2D eigenvalue weighted by Gasteiger charge is -2.52. The topological polar surface area (TPSA) is 40.5 Å². The normalized spacial score (nSPS) is 36.5. The van der Waals surface area contributed by atoms with Gasteiger partial charge in [-0.1, -0.05) is 96.9 Å². The summed E-state index contributed by atoms with van der Waals surface area (Å²) < 4.78 is 0. The Morgan fingerprint density at radius 2 is 0.879 bits per heavy atom. The lowest BCUT2D eigenvalue weighted by Crippen LogP contribution is -2.49. The summed E-state index contributed by atoms with van der Waals surface area (Å²) in [5, 5.41) is 21.2. The van der Waals surface area contributed by atoms with Crippen LogP contribution in [0.1, 0.15) is 123 Å². The van der Waals surface area contributed by atoms with Gasteiger partial charge >= 0.3 is 0 Å². The van der Waals surface area contributed by atoms with Crippen molar-refractivity contribution in [1.82, 2.24) is 0 Å². The summed E-state index contributed by atoms with van der Waals surface area (Å²) >= 11 is 0. The molecule has 0 radical (unpaired) electrons. The van der Waals surface area contributed by atoms with Crippen LogP contribution in [0.25, 0.3) is 0 Å². The Kier molecular flexibility index (Phi) is 10.6. The van der Waals surface area contributed by atoms with Crippen LogP contribution in [0, 0.1) is 63.6 Å². The molecule has 0 bridgehead atoms. The first-order valence-corrected chi connectivity index (χ1v) is 14.0. The molecule has 2 heteroatoms. The van der Waals surface area contributed by atoms with Gasteiger partial charge in [-0.05, 0) is 89.3 Å². The summed E-state index contributed by atoms with van der Waals surface area (Å²) in [6.45, 7) is 32.1. The van der Waals surface area contributed by atoms with Crippen molar-refractivity contribution in [1.29, 1.82) is 0 Å². The zero-order valence-electron chi connectivity index (χ0n) is 25.0. The lowest BCUT2D eigenvalue weighted by atomic mass is 9.55. The van der Waals surface area contributed by atoms with Crippen molar-refractivity contribution in [2.75, 3.05) is 0 Å². The molecule has 4 atom stereocenters. The molecule has 0 aromatic rings. The van der Waals surface area contributed by atoms with Gasteiger partial charge in [0.05, 0.1) is 12.2 Å². The summed E-state index contributed by atoms with van der Waals surface area (Å²) in [5.74, 6) is 4.60. The van der Waals surface area contributed by atoms with Crippen molar-refractivity contribution < 1.29 is 10.2 Å². The van der Waals surface area contributed by atoms with Gasteiger partial charge in [-0.2, -0.15) is 0 Å². The average Bonchev–Trinajstić information content (AvgIpc) is 2.60. The molecule has 2 saturated carbocycles. The van der Waals surface area contributed by atoms with Gasteiger partial charge in [0.2, 0.25) is 0 Å². The predicted octanol–water partition coefficient (Wildman–Crippen LogP) is 8.45. The largest absolute Gasteiger partial charge is 0.393 e. The Labute approximate surface area is 208 Å². The molecule has 0 aromatic heterocycles. The predicted molar refractivity (Wildman–Crippen MR) is 145 cm³/mol. The average molecular weight is 467 g/mol. The highest BCUT2D eigenvalue weighted by atomic mass is 16.3. The van der Waals surface area contributed by atoms with Crippen LogP contribution in [0.5, 0.6) is 0 Å². The van der Waals surface area contributed by atoms with Crippen LogP contribution in [0.4, 0.5) is 0 Å². The second-order valence-corrected chi connectivity index (χ2v) is 15.9. The van der Waals surface area contributed by atoms with Crippen molar-refractivity contribution in [2.24, 2.45) is 63.6 Å². The third-order valence-electron chi connectivity index (χ3n) is 9.29. The fraction of sp³-hybridized carbons (Fsp3) is 1.00. The molecule has 0 spiro atoms. The number of aliphatic hydroxyl groups is 2. The summed E-state index contributed by atoms with van der Waals surface area (Å²) in [6, 6.07) is 0. The molecule has 4 unspecified atom stereocenters. The van der Waals surface area contributed by atoms with Gasteiger partial charge in [-0.15, -0.1) is 0 Å². The standard InChI is InChI=1S/C18H36O.C13H26O/c1-16(2,3)12-10-13(17(4,5)6)15(19)14(11-12)18(7,8)9;1-8(2)11-6-10(5)7-12(9(3)4)13(11)14/h12-15,19H,10-11H2,1-9H3;8-14H,6-7H2,1-5H3. The number of rotatable bonds is 2. The molecule has 0 aromatic carbocycles. The van der Waals surface area contributed by atoms with Crippen molar-refractivity contribution in [3.63, 3.8) is 0 Å². The quantitative estimate of drug-likeness (QED) is 0.428. The molecular formula is C31H62O2. The van der Waals surface area contributed by atoms with Crippen LogP contribution < -0.4 is 0 Å². The van der Waals surface area contributed by atoms with Crippen molar-refractivity contribution in [3.8, 4) is 0 Å². The monoisotopic (exact) mass is 466 g/mol. The molecule has 2 rings (SSSR count). The number of hydrogen-bond donors (Lipinski definition) is 2. The molecule has 2 fully saturated rings. The Bertz CT molecular complexity index is 529. The summed E-state index contributed by atoms with van der Waals surface area (Å²) in [6.07, 6.45) is 4.54. The summed E-state index contributed by atoms with van der Waals surface area (Å²) in [4.78, 5) is 0. The summed E-state index contributed by atoms with van der Waals surface area (Å²) in [7, 11) is 0. The third-order valence-corrected chi connectivity index (χ3v) is 9.29. The molecule has 2 N–H and O–H groups in total. The molecular weight excluding hydrogens is 404 g/mol. The molecule has 2 aliphatic carbocycles. The van der Waals surface area contributed by atoms with Gasteiger partial charge in [-0.25, -0.2) is 0 Å². The molecule has 0 saturated heterocycles. The van der Waals surface area contributed by atoms with E-state index >= 15 is 0 Å². The molecule has 0 amide bonds. The zero-order valence-corrected chi connectivity index (χ0v) is 25.0. The Morgan fingerprint density at radius 3 is 1.12 bits per heavy atom. The first kappa shape index (κ1) is 31.0. The smallest absolute Gasteiger partial charge is 0.0606 e. The first-order chi connectivity index (χ1) is 14.7. The Morgan fingerprint density at radius 1 is 0.545 bits per heavy atom. The SMILES string of the molecule is CC(C)(C)C1CC(C(C)(C)C)C(O)C(C(C)(C)C)C1.CC1CC(C(C)C)C(O)C(C(C)C)C1. The van der Waals surface area contributed by atoms with Gasteiger partial charge in [0, 0.05) is 0 Å². The highest BCUT2D eigenvalue weighted by molar-refractivity contribution is 4.97. The fourth-order valence-electron chi connectivity index (χ4n) is 6.66. The van der Waals surface area contributed by atoms with Gasteiger partial charge in [0.25, 0.3) is 0 Å². The fourth-order valence-corrected chi connectivity index (χ4v) is 6.66. The highest BCUT2D eigenvalue weighted by Crippen LogP contribution is 2.52. The van der Waals surface area contributed by atoms with Crippen LogP contribution >= 0.6 is 0 Å². The van der Waals surface area contributed by atoms with Crippen molar-refractivity contribution in [3.05, 3.63) is 0 Å². The van der Waals surface area contributed by atoms with Crippen LogP contribution in [0.3, 0.4) is 0 Å². The van der Waals surface area contributed by atoms with E-state index in [9.17, 15) is 10.2 Å². The Hall–Kier alpha value is -0.0800. The van der Waals surface area contributed by atoms with Gasteiger partial charge < -0.3 is 10.2 Å². The van der Waals surface area contributed by atoms with Gasteiger partial charge in [-0.3, -0.25) is 0 Å². The second-order valence-electron chi connectivity index (χ2n) is 15.9. The molecule has 0 heterocycles. The van der Waals surface area contributed by atoms with Crippen LogP contribution in [-0.4, -0.2) is 22.4 Å². The van der Waals surface area contributed by atoms with Gasteiger partial charge in [0.15, 0.2) is 0 Å². The van der Waals surface area contributed by atoms with E-state index in [0.29, 0.717) is 46.8 Å². The Balaban J connectivity index is 0.000000346.